The zero-order valence-corrected chi connectivity index (χ0v) is 13.7. The fourth-order valence-corrected chi connectivity index (χ4v) is 3.52. The van der Waals surface area contributed by atoms with Crippen LogP contribution in [0.1, 0.15) is 37.1 Å². The van der Waals surface area contributed by atoms with Crippen molar-refractivity contribution < 1.29 is 9.53 Å². The molecule has 0 radical (unpaired) electrons. The van der Waals surface area contributed by atoms with Gasteiger partial charge in [0.2, 0.25) is 5.91 Å². The highest BCUT2D eigenvalue weighted by Gasteiger charge is 2.25. The van der Waals surface area contributed by atoms with Gasteiger partial charge in [-0.2, -0.15) is 5.10 Å². The summed E-state index contributed by atoms with van der Waals surface area (Å²) in [7, 11) is 0. The Morgan fingerprint density at radius 1 is 1.35 bits per heavy atom. The van der Waals surface area contributed by atoms with Crippen LogP contribution >= 0.6 is 0 Å². The molecule has 4 rings (SSSR count). The Bertz CT molecular complexity index is 561. The molecule has 0 aromatic carbocycles. The van der Waals surface area contributed by atoms with Gasteiger partial charge in [0.05, 0.1) is 24.5 Å². The number of rotatable bonds is 6. The molecule has 1 saturated heterocycles. The number of aryl methyl sites for hydroxylation is 1. The first kappa shape index (κ1) is 15.1. The summed E-state index contributed by atoms with van der Waals surface area (Å²) in [6.45, 7) is 5.95. The minimum atomic E-state index is 0.168. The summed E-state index contributed by atoms with van der Waals surface area (Å²) in [5.41, 5.74) is 2.34. The van der Waals surface area contributed by atoms with Crippen molar-refractivity contribution in [3.63, 3.8) is 0 Å². The Labute approximate surface area is 137 Å². The summed E-state index contributed by atoms with van der Waals surface area (Å²) in [5, 5.41) is 7.71. The molecule has 3 aliphatic rings. The quantitative estimate of drug-likeness (QED) is 0.848. The lowest BCUT2D eigenvalue weighted by Gasteiger charge is -2.29. The molecule has 23 heavy (non-hydrogen) atoms. The van der Waals surface area contributed by atoms with E-state index in [1.807, 2.05) is 0 Å². The van der Waals surface area contributed by atoms with Crippen LogP contribution in [0.2, 0.25) is 0 Å². The topological polar surface area (TPSA) is 59.4 Å². The number of carbonyl (C=O) groups is 1. The molecule has 1 amide bonds. The van der Waals surface area contributed by atoms with Crippen molar-refractivity contribution >= 4 is 5.91 Å². The molecule has 126 valence electrons. The molecule has 1 N–H and O–H groups in total. The van der Waals surface area contributed by atoms with Crippen molar-refractivity contribution in [1.29, 1.82) is 0 Å². The van der Waals surface area contributed by atoms with Gasteiger partial charge in [-0.05, 0) is 31.2 Å². The second-order valence-electron chi connectivity index (χ2n) is 7.16. The summed E-state index contributed by atoms with van der Waals surface area (Å²) in [4.78, 5) is 14.3. The number of ether oxygens (including phenoxy) is 1. The second-order valence-corrected chi connectivity index (χ2v) is 7.16. The van der Waals surface area contributed by atoms with Crippen LogP contribution in [-0.4, -0.2) is 52.9 Å². The van der Waals surface area contributed by atoms with Crippen LogP contribution in [-0.2, 0) is 29.0 Å². The van der Waals surface area contributed by atoms with E-state index in [-0.39, 0.29) is 5.91 Å². The molecule has 1 atom stereocenters. The highest BCUT2D eigenvalue weighted by Crippen LogP contribution is 2.20. The maximum absolute atomic E-state index is 11.8. The van der Waals surface area contributed by atoms with Crippen molar-refractivity contribution in [2.75, 3.05) is 26.3 Å². The molecule has 0 bridgehead atoms. The maximum atomic E-state index is 11.8. The van der Waals surface area contributed by atoms with E-state index in [2.05, 4.69) is 26.1 Å². The fraction of sp³-hybridized carbons (Fsp3) is 0.765. The maximum Gasteiger partial charge on any atom is 0.220 e. The molecule has 0 spiro atoms. The van der Waals surface area contributed by atoms with Gasteiger partial charge in [-0.3, -0.25) is 14.4 Å². The van der Waals surface area contributed by atoms with E-state index in [0.717, 1.165) is 64.3 Å². The van der Waals surface area contributed by atoms with Gasteiger partial charge < -0.3 is 10.1 Å². The highest BCUT2D eigenvalue weighted by atomic mass is 16.5. The van der Waals surface area contributed by atoms with Gasteiger partial charge in [0.25, 0.3) is 0 Å². The standard InChI is InChI=1S/C17H26N4O2/c22-17(18-14-1-2-14)4-3-15-9-16-11-20(6-7-21(16)19-15)10-13-5-8-23-12-13/h9,13-14H,1-8,10-12H2,(H,18,22). The summed E-state index contributed by atoms with van der Waals surface area (Å²) >= 11 is 0. The van der Waals surface area contributed by atoms with Gasteiger partial charge in [0, 0.05) is 45.1 Å². The number of fused-ring (bicyclic) bond motifs is 1. The van der Waals surface area contributed by atoms with Crippen molar-refractivity contribution in [2.24, 2.45) is 5.92 Å². The molecule has 3 heterocycles. The molecule has 1 aromatic rings. The molecule has 2 aliphatic heterocycles. The smallest absolute Gasteiger partial charge is 0.220 e. The number of aromatic nitrogens is 2. The Kier molecular flexibility index (Phi) is 4.35. The number of carbonyl (C=O) groups excluding carboxylic acids is 1. The first-order valence-electron chi connectivity index (χ1n) is 8.91. The average molecular weight is 318 g/mol. The van der Waals surface area contributed by atoms with Crippen LogP contribution in [0.3, 0.4) is 0 Å². The number of hydrogen-bond acceptors (Lipinski definition) is 4. The average Bonchev–Trinajstić information content (AvgIpc) is 3.05. The first-order chi connectivity index (χ1) is 11.3. The number of nitrogens with one attached hydrogen (secondary N) is 1. The Morgan fingerprint density at radius 2 is 2.26 bits per heavy atom. The number of nitrogens with zero attached hydrogens (tertiary/aromatic N) is 3. The lowest BCUT2D eigenvalue weighted by molar-refractivity contribution is -0.121. The van der Waals surface area contributed by atoms with Gasteiger partial charge in [-0.25, -0.2) is 0 Å². The SMILES string of the molecule is O=C(CCc1cc2n(n1)CCN(CC1CCOC1)C2)NC1CC1. The van der Waals surface area contributed by atoms with Gasteiger partial charge in [0.15, 0.2) is 0 Å². The van der Waals surface area contributed by atoms with Gasteiger partial charge in [-0.1, -0.05) is 0 Å². The monoisotopic (exact) mass is 318 g/mol. The van der Waals surface area contributed by atoms with E-state index in [9.17, 15) is 4.79 Å². The van der Waals surface area contributed by atoms with Crippen LogP contribution in [0, 0.1) is 5.92 Å². The molecular formula is C17H26N4O2. The second kappa shape index (κ2) is 6.61. The van der Waals surface area contributed by atoms with Crippen molar-refractivity contribution in [2.45, 2.75) is 51.2 Å². The summed E-state index contributed by atoms with van der Waals surface area (Å²) in [6, 6.07) is 2.63. The van der Waals surface area contributed by atoms with Crippen LogP contribution in [0.5, 0.6) is 0 Å². The highest BCUT2D eigenvalue weighted by molar-refractivity contribution is 5.76. The zero-order chi connectivity index (χ0) is 15.6. The number of hydrogen-bond donors (Lipinski definition) is 1. The molecule has 2 fully saturated rings. The Hall–Kier alpha value is -1.40. The summed E-state index contributed by atoms with van der Waals surface area (Å²) in [5.74, 6) is 0.858. The zero-order valence-electron chi connectivity index (χ0n) is 13.7. The summed E-state index contributed by atoms with van der Waals surface area (Å²) < 4.78 is 7.60. The number of amides is 1. The Balaban J connectivity index is 1.28. The van der Waals surface area contributed by atoms with Crippen LogP contribution in [0.15, 0.2) is 6.07 Å². The molecular weight excluding hydrogens is 292 g/mol. The van der Waals surface area contributed by atoms with Crippen LogP contribution in [0.4, 0.5) is 0 Å². The normalized spacial score (nSPS) is 24.6. The third-order valence-electron chi connectivity index (χ3n) is 5.02. The van der Waals surface area contributed by atoms with Crippen LogP contribution < -0.4 is 5.32 Å². The van der Waals surface area contributed by atoms with Crippen molar-refractivity contribution in [1.82, 2.24) is 20.0 Å². The fourth-order valence-electron chi connectivity index (χ4n) is 3.52. The van der Waals surface area contributed by atoms with Gasteiger partial charge in [-0.15, -0.1) is 0 Å². The minimum absolute atomic E-state index is 0.168. The van der Waals surface area contributed by atoms with Gasteiger partial charge in [0.1, 0.15) is 0 Å². The van der Waals surface area contributed by atoms with E-state index in [4.69, 9.17) is 4.74 Å². The largest absolute Gasteiger partial charge is 0.381 e. The minimum Gasteiger partial charge on any atom is -0.381 e. The summed E-state index contributed by atoms with van der Waals surface area (Å²) in [6.07, 6.45) is 4.78. The van der Waals surface area contributed by atoms with Crippen molar-refractivity contribution in [3.05, 3.63) is 17.5 Å². The molecule has 6 heteroatoms. The molecule has 1 unspecified atom stereocenters. The van der Waals surface area contributed by atoms with E-state index in [1.54, 1.807) is 0 Å². The predicted octanol–water partition coefficient (Wildman–Crippen LogP) is 0.946. The third-order valence-corrected chi connectivity index (χ3v) is 5.02. The van der Waals surface area contributed by atoms with E-state index < -0.39 is 0 Å². The predicted molar refractivity (Wildman–Crippen MR) is 85.9 cm³/mol. The molecule has 1 saturated carbocycles. The van der Waals surface area contributed by atoms with Crippen LogP contribution in [0.25, 0.3) is 0 Å². The lowest BCUT2D eigenvalue weighted by atomic mass is 10.1. The molecule has 6 nitrogen and oxygen atoms in total. The Morgan fingerprint density at radius 3 is 3.04 bits per heavy atom. The lowest BCUT2D eigenvalue weighted by Crippen LogP contribution is -2.37. The van der Waals surface area contributed by atoms with E-state index in [1.165, 1.54) is 12.1 Å². The first-order valence-corrected chi connectivity index (χ1v) is 8.91. The molecule has 1 aromatic heterocycles. The molecule has 1 aliphatic carbocycles. The third kappa shape index (κ3) is 3.93. The van der Waals surface area contributed by atoms with Crippen molar-refractivity contribution in [3.8, 4) is 0 Å². The van der Waals surface area contributed by atoms with Gasteiger partial charge >= 0.3 is 0 Å². The van der Waals surface area contributed by atoms with E-state index in [0.29, 0.717) is 18.4 Å². The van der Waals surface area contributed by atoms with E-state index >= 15 is 0 Å².